The van der Waals surface area contributed by atoms with Crippen LogP contribution in [0, 0.1) is 0 Å². The summed E-state index contributed by atoms with van der Waals surface area (Å²) < 4.78 is 80.6. The van der Waals surface area contributed by atoms with Crippen LogP contribution in [0.5, 0.6) is 0 Å². The summed E-state index contributed by atoms with van der Waals surface area (Å²) in [6, 6.07) is 4.82. The van der Waals surface area contributed by atoms with Crippen LogP contribution < -0.4 is 10.6 Å². The van der Waals surface area contributed by atoms with E-state index >= 15 is 0 Å². The van der Waals surface area contributed by atoms with Gasteiger partial charge in [0.2, 0.25) is 5.95 Å². The van der Waals surface area contributed by atoms with Crippen LogP contribution in [0.3, 0.4) is 0 Å². The van der Waals surface area contributed by atoms with Crippen molar-refractivity contribution in [3.8, 4) is 11.3 Å². The second-order valence-electron chi connectivity index (χ2n) is 8.48. The number of hydrogen-bond donors (Lipinski definition) is 3. The van der Waals surface area contributed by atoms with Crippen LogP contribution in [0.1, 0.15) is 18.4 Å². The Morgan fingerprint density at radius 2 is 1.94 bits per heavy atom. The van der Waals surface area contributed by atoms with Gasteiger partial charge in [-0.1, -0.05) is 12.1 Å². The smallest absolute Gasteiger partial charge is 0.394 e. The molecule has 0 amide bonds. The minimum Gasteiger partial charge on any atom is -0.394 e. The average Bonchev–Trinajstić information content (AvgIpc) is 3.08. The highest BCUT2D eigenvalue weighted by molar-refractivity contribution is 7.70. The number of alkyl halides is 5. The second kappa shape index (κ2) is 7.25. The predicted octanol–water partition coefficient (Wildman–Crippen LogP) is 4.46. The number of para-hydroxylation sites is 1. The maximum absolute atomic E-state index is 13.7. The monoisotopic (exact) mass is 474 g/mol. The number of hydrogen-bond acceptors (Lipinski definition) is 5. The van der Waals surface area contributed by atoms with Crippen molar-refractivity contribution in [3.05, 3.63) is 36.2 Å². The Hall–Kier alpha value is -2.52. The zero-order valence-electron chi connectivity index (χ0n) is 17.1. The topological polar surface area (TPSA) is 90.9 Å². The van der Waals surface area contributed by atoms with E-state index in [0.29, 0.717) is 22.4 Å². The van der Waals surface area contributed by atoms with Crippen molar-refractivity contribution in [1.29, 1.82) is 0 Å². The summed E-state index contributed by atoms with van der Waals surface area (Å²) in [5.41, 5.74) is -2.44. The SMILES string of the molecule is CP(C)(=O)c1cccc2c(-c3nc(NC4(CO)CC(F)(F)C4)ncc3C(F)(F)F)c[nH]c12. The van der Waals surface area contributed by atoms with Gasteiger partial charge >= 0.3 is 6.18 Å². The van der Waals surface area contributed by atoms with Crippen molar-refractivity contribution in [1.82, 2.24) is 15.0 Å². The molecule has 0 radical (unpaired) electrons. The van der Waals surface area contributed by atoms with E-state index in [1.807, 2.05) is 0 Å². The van der Waals surface area contributed by atoms with Gasteiger partial charge in [-0.25, -0.2) is 18.7 Å². The van der Waals surface area contributed by atoms with Crippen molar-refractivity contribution >= 4 is 29.3 Å². The number of anilines is 1. The molecule has 1 aliphatic carbocycles. The van der Waals surface area contributed by atoms with Crippen LogP contribution in [0.2, 0.25) is 0 Å². The third-order valence-corrected chi connectivity index (χ3v) is 7.03. The average molecular weight is 474 g/mol. The zero-order valence-corrected chi connectivity index (χ0v) is 18.0. The molecule has 1 saturated carbocycles. The quantitative estimate of drug-likeness (QED) is 0.375. The van der Waals surface area contributed by atoms with Gasteiger partial charge in [0.25, 0.3) is 5.92 Å². The fourth-order valence-corrected chi connectivity index (χ4v) is 5.22. The molecule has 1 aromatic carbocycles. The van der Waals surface area contributed by atoms with Crippen molar-refractivity contribution < 1.29 is 31.6 Å². The number of aliphatic hydroxyl groups excluding tert-OH is 1. The number of halogens is 5. The highest BCUT2D eigenvalue weighted by atomic mass is 31.2. The summed E-state index contributed by atoms with van der Waals surface area (Å²) in [5.74, 6) is -3.29. The van der Waals surface area contributed by atoms with Crippen molar-refractivity contribution in [2.24, 2.45) is 0 Å². The van der Waals surface area contributed by atoms with Gasteiger partial charge in [0, 0.05) is 41.5 Å². The number of aromatic amines is 1. The molecule has 0 bridgehead atoms. The van der Waals surface area contributed by atoms with Gasteiger partial charge in [-0.05, 0) is 19.4 Å². The Morgan fingerprint density at radius 3 is 2.50 bits per heavy atom. The number of nitrogens with zero attached hydrogens (tertiary/aromatic N) is 2. The van der Waals surface area contributed by atoms with Gasteiger partial charge in [-0.2, -0.15) is 13.2 Å². The highest BCUT2D eigenvalue weighted by Gasteiger charge is 2.56. The van der Waals surface area contributed by atoms with Crippen LogP contribution in [0.15, 0.2) is 30.6 Å². The van der Waals surface area contributed by atoms with E-state index in [1.54, 1.807) is 31.5 Å². The molecule has 1 aliphatic rings. The van der Waals surface area contributed by atoms with Gasteiger partial charge < -0.3 is 20.0 Å². The second-order valence-corrected chi connectivity index (χ2v) is 11.7. The first-order valence-corrected chi connectivity index (χ1v) is 12.2. The molecule has 0 aliphatic heterocycles. The summed E-state index contributed by atoms with van der Waals surface area (Å²) in [4.78, 5) is 10.6. The molecular weight excluding hydrogens is 454 g/mol. The first-order chi connectivity index (χ1) is 14.7. The molecule has 3 aromatic rings. The van der Waals surface area contributed by atoms with Crippen molar-refractivity contribution in [3.63, 3.8) is 0 Å². The summed E-state index contributed by atoms with van der Waals surface area (Å²) >= 11 is 0. The molecule has 3 N–H and O–H groups in total. The number of benzene rings is 1. The molecule has 0 unspecified atom stereocenters. The third kappa shape index (κ3) is 3.99. The molecule has 1 fully saturated rings. The normalized spacial score (nSPS) is 17.9. The van der Waals surface area contributed by atoms with E-state index in [0.717, 1.165) is 0 Å². The molecule has 32 heavy (non-hydrogen) atoms. The first-order valence-electron chi connectivity index (χ1n) is 9.62. The van der Waals surface area contributed by atoms with Crippen LogP contribution in [-0.4, -0.2) is 51.5 Å². The lowest BCUT2D eigenvalue weighted by Crippen LogP contribution is -2.59. The minimum atomic E-state index is -4.78. The number of H-pyrrole nitrogens is 1. The van der Waals surface area contributed by atoms with Crippen LogP contribution in [-0.2, 0) is 10.7 Å². The molecule has 6 nitrogen and oxygen atoms in total. The molecule has 4 rings (SSSR count). The number of aliphatic hydroxyl groups is 1. The fraction of sp³-hybridized carbons (Fsp3) is 0.400. The summed E-state index contributed by atoms with van der Waals surface area (Å²) in [5, 5.41) is 13.0. The Balaban J connectivity index is 1.85. The standard InChI is InChI=1S/C20H20F5N4O2P/c1-32(2,31)14-5-3-4-11-12(6-26-16(11)14)15-13(20(23,24)25)7-27-17(28-15)29-18(10-30)8-19(21,22)9-18/h3-7,26,30H,8-10H2,1-2H3,(H,27,28,29). The number of fused-ring (bicyclic) bond motifs is 1. The van der Waals surface area contributed by atoms with E-state index in [2.05, 4.69) is 20.3 Å². The van der Waals surface area contributed by atoms with Crippen LogP contribution in [0.25, 0.3) is 22.2 Å². The number of rotatable bonds is 5. The Labute approximate surface area is 179 Å². The lowest BCUT2D eigenvalue weighted by molar-refractivity contribution is -0.137. The summed E-state index contributed by atoms with van der Waals surface area (Å²) in [6.07, 6.45) is -4.23. The van der Waals surface area contributed by atoms with Gasteiger partial charge in [0.05, 0.1) is 23.4 Å². The zero-order chi connectivity index (χ0) is 23.5. The van der Waals surface area contributed by atoms with Crippen molar-refractivity contribution in [2.75, 3.05) is 25.3 Å². The van der Waals surface area contributed by atoms with Gasteiger partial charge in [0.15, 0.2) is 0 Å². The molecule has 0 atom stereocenters. The molecule has 2 aromatic heterocycles. The lowest BCUT2D eigenvalue weighted by Gasteiger charge is -2.46. The van der Waals surface area contributed by atoms with E-state index in [-0.39, 0.29) is 11.5 Å². The highest BCUT2D eigenvalue weighted by Crippen LogP contribution is 2.47. The largest absolute Gasteiger partial charge is 0.419 e. The van der Waals surface area contributed by atoms with E-state index < -0.39 is 55.5 Å². The Bertz CT molecular complexity index is 1230. The molecule has 172 valence electrons. The summed E-state index contributed by atoms with van der Waals surface area (Å²) in [6.45, 7) is 2.46. The maximum Gasteiger partial charge on any atom is 0.419 e. The van der Waals surface area contributed by atoms with Crippen molar-refractivity contribution in [2.45, 2.75) is 30.5 Å². The number of aromatic nitrogens is 3. The van der Waals surface area contributed by atoms with Gasteiger partial charge in [-0.15, -0.1) is 0 Å². The van der Waals surface area contributed by atoms with E-state index in [1.165, 1.54) is 6.20 Å². The predicted molar refractivity (Wildman–Crippen MR) is 111 cm³/mol. The van der Waals surface area contributed by atoms with Crippen LogP contribution in [0.4, 0.5) is 27.9 Å². The molecule has 0 spiro atoms. The molecular formula is C20H20F5N4O2P. The Kier molecular flexibility index (Phi) is 5.13. The Morgan fingerprint density at radius 1 is 1.25 bits per heavy atom. The third-order valence-electron chi connectivity index (χ3n) is 5.50. The minimum absolute atomic E-state index is 0.102. The summed E-state index contributed by atoms with van der Waals surface area (Å²) in [7, 11) is -2.73. The lowest BCUT2D eigenvalue weighted by atomic mass is 9.74. The molecule has 0 saturated heterocycles. The van der Waals surface area contributed by atoms with Crippen LogP contribution >= 0.6 is 7.14 Å². The fourth-order valence-electron chi connectivity index (χ4n) is 4.05. The maximum atomic E-state index is 13.7. The molecule has 2 heterocycles. The molecule has 12 heteroatoms. The van der Waals surface area contributed by atoms with Gasteiger partial charge in [-0.3, -0.25) is 0 Å². The first kappa shape index (κ1) is 22.7. The van der Waals surface area contributed by atoms with E-state index in [4.69, 9.17) is 0 Å². The van der Waals surface area contributed by atoms with E-state index in [9.17, 15) is 31.6 Å². The number of nitrogens with one attached hydrogen (secondary N) is 2. The van der Waals surface area contributed by atoms with Gasteiger partial charge in [0.1, 0.15) is 12.7 Å².